The van der Waals surface area contributed by atoms with Gasteiger partial charge >= 0.3 is 0 Å². The van der Waals surface area contributed by atoms with Crippen LogP contribution >= 0.6 is 0 Å². The Labute approximate surface area is 367 Å². The number of aryl methyl sites for hydroxylation is 1. The van der Waals surface area contributed by atoms with Gasteiger partial charge in [-0.3, -0.25) is 0 Å². The lowest BCUT2D eigenvalue weighted by Crippen LogP contribution is -2.34. The van der Waals surface area contributed by atoms with Crippen LogP contribution in [0.5, 0.6) is 0 Å². The second kappa shape index (κ2) is 12.8. The van der Waals surface area contributed by atoms with Crippen molar-refractivity contribution in [1.82, 2.24) is 0 Å². The first-order valence-corrected chi connectivity index (χ1v) is 22.6. The van der Waals surface area contributed by atoms with Crippen molar-refractivity contribution >= 4 is 17.1 Å². The largest absolute Gasteiger partial charge is 0.310 e. The molecule has 0 fully saturated rings. The van der Waals surface area contributed by atoms with Crippen molar-refractivity contribution in [2.24, 2.45) is 0 Å². The Morgan fingerprint density at radius 2 is 0.823 bits per heavy atom. The van der Waals surface area contributed by atoms with E-state index in [1.54, 1.807) is 0 Å². The lowest BCUT2D eigenvalue weighted by Gasteiger charge is -2.42. The van der Waals surface area contributed by atoms with E-state index in [1.165, 1.54) is 119 Å². The number of hydrogen-bond donors (Lipinski definition) is 0. The summed E-state index contributed by atoms with van der Waals surface area (Å²) in [6.07, 6.45) is 2.36. The monoisotopic (exact) mass is 799 g/mol. The van der Waals surface area contributed by atoms with Crippen LogP contribution in [0.3, 0.4) is 0 Å². The third-order valence-electron chi connectivity index (χ3n) is 15.7. The molecule has 12 rings (SSSR count). The average molecular weight is 800 g/mol. The highest BCUT2D eigenvalue weighted by Gasteiger charge is 2.52. The maximum Gasteiger partial charge on any atom is 0.0726 e. The molecule has 1 heteroatoms. The topological polar surface area (TPSA) is 3.24 Å². The molecule has 302 valence electrons. The molecule has 4 aliphatic rings. The van der Waals surface area contributed by atoms with Crippen LogP contribution in [0.1, 0.15) is 104 Å². The van der Waals surface area contributed by atoms with Gasteiger partial charge < -0.3 is 4.90 Å². The molecule has 62 heavy (non-hydrogen) atoms. The van der Waals surface area contributed by atoms with Crippen LogP contribution < -0.4 is 4.90 Å². The fourth-order valence-electron chi connectivity index (χ4n) is 12.4. The van der Waals surface area contributed by atoms with Crippen LogP contribution in [0.25, 0.3) is 44.5 Å². The van der Waals surface area contributed by atoms with Gasteiger partial charge in [-0.15, -0.1) is 0 Å². The van der Waals surface area contributed by atoms with Crippen LogP contribution in [0.15, 0.2) is 170 Å². The third kappa shape index (κ3) is 4.91. The fourth-order valence-corrected chi connectivity index (χ4v) is 12.4. The lowest BCUT2D eigenvalue weighted by atomic mass is 9.62. The number of anilines is 3. The summed E-state index contributed by atoms with van der Waals surface area (Å²) in [5.41, 5.74) is 26.2. The van der Waals surface area contributed by atoms with Crippen molar-refractivity contribution in [3.63, 3.8) is 0 Å². The molecule has 0 atom stereocenters. The number of benzene rings is 8. The molecule has 0 amide bonds. The summed E-state index contributed by atoms with van der Waals surface area (Å²) in [7, 11) is 0. The minimum atomic E-state index is -0.465. The van der Waals surface area contributed by atoms with E-state index in [0.29, 0.717) is 0 Å². The molecule has 0 bridgehead atoms. The van der Waals surface area contributed by atoms with Crippen LogP contribution in [0.2, 0.25) is 0 Å². The summed E-state index contributed by atoms with van der Waals surface area (Å²) >= 11 is 0. The van der Waals surface area contributed by atoms with Crippen LogP contribution in [0, 0.1) is 6.92 Å². The van der Waals surface area contributed by atoms with Crippen LogP contribution in [0.4, 0.5) is 17.1 Å². The standard InChI is InChI=1S/C61H53N/c1-38-33-55-56(59(4,5)32-31-58(55,2)3)36-46(38)48-35-47-44-24-14-18-28-52(44)61(50-26-16-12-22-42(50)43-23-13-17-27-51(43)61)54(47)37-57(48)62(39-19-9-8-10-20-39)40-29-30-45-41-21-11-15-25-49(41)60(6,7)53(45)34-40/h8-30,33-37H,31-32H2,1-7H3. The van der Waals surface area contributed by atoms with Crippen molar-refractivity contribution in [2.45, 2.75) is 83.0 Å². The van der Waals surface area contributed by atoms with Crippen molar-refractivity contribution in [3.05, 3.63) is 220 Å². The predicted molar refractivity (Wildman–Crippen MR) is 260 cm³/mol. The highest BCUT2D eigenvalue weighted by Crippen LogP contribution is 2.64. The Hall–Kier alpha value is -6.44. The van der Waals surface area contributed by atoms with E-state index >= 15 is 0 Å². The Balaban J connectivity index is 1.21. The summed E-state index contributed by atoms with van der Waals surface area (Å²) in [5, 5.41) is 0. The van der Waals surface area contributed by atoms with Gasteiger partial charge in [-0.1, -0.05) is 169 Å². The van der Waals surface area contributed by atoms with Crippen molar-refractivity contribution in [2.75, 3.05) is 4.90 Å². The zero-order valence-corrected chi connectivity index (χ0v) is 37.0. The first-order chi connectivity index (χ1) is 29.9. The Bertz CT molecular complexity index is 3130. The first kappa shape index (κ1) is 37.3. The second-order valence-electron chi connectivity index (χ2n) is 20.4. The molecule has 0 aliphatic heterocycles. The molecule has 0 aromatic heterocycles. The van der Waals surface area contributed by atoms with Gasteiger partial charge in [-0.25, -0.2) is 0 Å². The predicted octanol–water partition coefficient (Wildman–Crippen LogP) is 16.1. The van der Waals surface area contributed by atoms with Crippen molar-refractivity contribution in [3.8, 4) is 44.5 Å². The molecule has 0 unspecified atom stereocenters. The maximum atomic E-state index is 2.61. The minimum absolute atomic E-state index is 0.0673. The second-order valence-corrected chi connectivity index (χ2v) is 20.4. The highest BCUT2D eigenvalue weighted by molar-refractivity contribution is 6.01. The van der Waals surface area contributed by atoms with E-state index in [0.717, 1.165) is 5.69 Å². The Kier molecular flexibility index (Phi) is 7.71. The molecular weight excluding hydrogens is 747 g/mol. The van der Waals surface area contributed by atoms with Gasteiger partial charge in [0, 0.05) is 22.4 Å². The summed E-state index contributed by atoms with van der Waals surface area (Å²) in [4.78, 5) is 2.58. The molecule has 1 nitrogen and oxygen atoms in total. The number of nitrogens with zero attached hydrogens (tertiary/aromatic N) is 1. The maximum absolute atomic E-state index is 2.61. The van der Waals surface area contributed by atoms with Gasteiger partial charge in [0.25, 0.3) is 0 Å². The van der Waals surface area contributed by atoms with Gasteiger partial charge in [-0.05, 0) is 162 Å². The molecule has 1 spiro atoms. The number of fused-ring (bicyclic) bond motifs is 14. The van der Waals surface area contributed by atoms with E-state index in [4.69, 9.17) is 0 Å². The molecule has 0 heterocycles. The zero-order chi connectivity index (χ0) is 42.3. The van der Waals surface area contributed by atoms with Crippen molar-refractivity contribution < 1.29 is 0 Å². The molecular formula is C61H53N. The van der Waals surface area contributed by atoms with Gasteiger partial charge in [0.05, 0.1) is 11.1 Å². The molecule has 8 aromatic rings. The molecule has 4 aliphatic carbocycles. The summed E-state index contributed by atoms with van der Waals surface area (Å²) < 4.78 is 0. The SMILES string of the molecule is Cc1cc2c(cc1-c1cc3c(cc1N(c1ccccc1)c1ccc4c(c1)C(C)(C)c1ccccc1-4)C1(c4ccccc4-c4ccccc41)c1ccccc1-3)C(C)(C)CCC2(C)C. The van der Waals surface area contributed by atoms with E-state index in [9.17, 15) is 0 Å². The summed E-state index contributed by atoms with van der Waals surface area (Å²) in [6.45, 7) is 16.9. The normalized spacial score (nSPS) is 17.0. The van der Waals surface area contributed by atoms with Crippen LogP contribution in [-0.2, 0) is 21.7 Å². The molecule has 0 saturated carbocycles. The number of rotatable bonds is 4. The quantitative estimate of drug-likeness (QED) is 0.171. The van der Waals surface area contributed by atoms with Gasteiger partial charge in [0.2, 0.25) is 0 Å². The number of para-hydroxylation sites is 1. The molecule has 8 aromatic carbocycles. The van der Waals surface area contributed by atoms with E-state index in [2.05, 4.69) is 223 Å². The van der Waals surface area contributed by atoms with Gasteiger partial charge in [-0.2, -0.15) is 0 Å². The number of hydrogen-bond acceptors (Lipinski definition) is 1. The average Bonchev–Trinajstić information content (AvgIpc) is 3.83. The minimum Gasteiger partial charge on any atom is -0.310 e. The summed E-state index contributed by atoms with van der Waals surface area (Å²) in [6, 6.07) is 65.3. The molecule has 0 saturated heterocycles. The molecule has 0 N–H and O–H groups in total. The fraction of sp³-hybridized carbons (Fsp3) is 0.213. The third-order valence-corrected chi connectivity index (χ3v) is 15.7. The van der Waals surface area contributed by atoms with E-state index in [1.807, 2.05) is 0 Å². The summed E-state index contributed by atoms with van der Waals surface area (Å²) in [5.74, 6) is 0. The Morgan fingerprint density at radius 1 is 0.339 bits per heavy atom. The van der Waals surface area contributed by atoms with Crippen LogP contribution in [-0.4, -0.2) is 0 Å². The van der Waals surface area contributed by atoms with Crippen molar-refractivity contribution in [1.29, 1.82) is 0 Å². The van der Waals surface area contributed by atoms with Gasteiger partial charge in [0.15, 0.2) is 0 Å². The lowest BCUT2D eigenvalue weighted by molar-refractivity contribution is 0.332. The first-order valence-electron chi connectivity index (χ1n) is 22.6. The Morgan fingerprint density at radius 3 is 1.42 bits per heavy atom. The van der Waals surface area contributed by atoms with E-state index < -0.39 is 5.41 Å². The van der Waals surface area contributed by atoms with E-state index in [-0.39, 0.29) is 16.2 Å². The van der Waals surface area contributed by atoms with Gasteiger partial charge in [0.1, 0.15) is 0 Å². The highest BCUT2D eigenvalue weighted by atomic mass is 15.1. The molecule has 0 radical (unpaired) electrons. The smallest absolute Gasteiger partial charge is 0.0726 e. The zero-order valence-electron chi connectivity index (χ0n) is 37.0.